The number of carbonyl (C=O) groups excluding carboxylic acids is 1. The van der Waals surface area contributed by atoms with Crippen molar-refractivity contribution < 1.29 is 9.53 Å². The molecule has 3 nitrogen and oxygen atoms in total. The van der Waals surface area contributed by atoms with Crippen LogP contribution in [0.2, 0.25) is 0 Å². The second kappa shape index (κ2) is 7.41. The Morgan fingerprint density at radius 2 is 2.06 bits per heavy atom. The summed E-state index contributed by atoms with van der Waals surface area (Å²) in [6, 6.07) is 5.39. The van der Waals surface area contributed by atoms with E-state index >= 15 is 0 Å². The first-order valence-corrected chi connectivity index (χ1v) is 7.03. The second-order valence-electron chi connectivity index (χ2n) is 4.24. The molecule has 0 aromatic heterocycles. The summed E-state index contributed by atoms with van der Waals surface area (Å²) >= 11 is 3.39. The van der Waals surface area contributed by atoms with Crippen LogP contribution in [0.5, 0.6) is 5.75 Å². The van der Waals surface area contributed by atoms with Crippen LogP contribution in [0, 0.1) is 5.92 Å². The lowest BCUT2D eigenvalue weighted by atomic mass is 10.0. The molecular formula is C14H20BrNO2. The predicted molar refractivity (Wildman–Crippen MR) is 77.1 cm³/mol. The lowest BCUT2D eigenvalue weighted by Gasteiger charge is -2.14. The van der Waals surface area contributed by atoms with E-state index in [9.17, 15) is 4.79 Å². The number of benzene rings is 1. The highest BCUT2D eigenvalue weighted by Gasteiger charge is 2.12. The van der Waals surface area contributed by atoms with E-state index in [1.165, 1.54) is 0 Å². The van der Waals surface area contributed by atoms with Gasteiger partial charge in [0.05, 0.1) is 12.7 Å². The standard InChI is InChI=1S/C14H20BrNO2/c1-4-10(5-2)9-16-14(17)12-8-11(18-3)6-7-13(12)15/h6-8,10H,4-5,9H2,1-3H3,(H,16,17). The molecule has 0 fully saturated rings. The molecule has 0 spiro atoms. The van der Waals surface area contributed by atoms with Crippen LogP contribution in [-0.2, 0) is 0 Å². The van der Waals surface area contributed by atoms with E-state index in [0.29, 0.717) is 17.2 Å². The van der Waals surface area contributed by atoms with Crippen molar-refractivity contribution in [2.75, 3.05) is 13.7 Å². The summed E-state index contributed by atoms with van der Waals surface area (Å²) < 4.78 is 5.91. The van der Waals surface area contributed by atoms with Crippen LogP contribution < -0.4 is 10.1 Å². The highest BCUT2D eigenvalue weighted by atomic mass is 79.9. The number of carbonyl (C=O) groups is 1. The Kier molecular flexibility index (Phi) is 6.19. The summed E-state index contributed by atoms with van der Waals surface area (Å²) in [5.41, 5.74) is 0.611. The van der Waals surface area contributed by atoms with Gasteiger partial charge >= 0.3 is 0 Å². The molecule has 1 rings (SSSR count). The van der Waals surface area contributed by atoms with Crippen molar-refractivity contribution in [1.29, 1.82) is 0 Å². The fourth-order valence-electron chi connectivity index (χ4n) is 1.71. The Balaban J connectivity index is 2.71. The zero-order valence-electron chi connectivity index (χ0n) is 11.1. The number of hydrogen-bond acceptors (Lipinski definition) is 2. The zero-order valence-corrected chi connectivity index (χ0v) is 12.7. The molecule has 18 heavy (non-hydrogen) atoms. The Morgan fingerprint density at radius 3 is 2.61 bits per heavy atom. The SMILES string of the molecule is CCC(CC)CNC(=O)c1cc(OC)ccc1Br. The Morgan fingerprint density at radius 1 is 1.39 bits per heavy atom. The number of amides is 1. The van der Waals surface area contributed by atoms with Crippen molar-refractivity contribution in [2.45, 2.75) is 26.7 Å². The van der Waals surface area contributed by atoms with Crippen LogP contribution in [0.1, 0.15) is 37.0 Å². The van der Waals surface area contributed by atoms with Gasteiger partial charge in [0, 0.05) is 11.0 Å². The minimum atomic E-state index is -0.0623. The molecule has 0 saturated heterocycles. The highest BCUT2D eigenvalue weighted by Crippen LogP contribution is 2.22. The first kappa shape index (κ1) is 15.0. The van der Waals surface area contributed by atoms with E-state index in [1.807, 2.05) is 12.1 Å². The fraction of sp³-hybridized carbons (Fsp3) is 0.500. The number of rotatable bonds is 6. The number of nitrogens with one attached hydrogen (secondary N) is 1. The normalized spacial score (nSPS) is 10.5. The van der Waals surface area contributed by atoms with Gasteiger partial charge in [-0.25, -0.2) is 0 Å². The molecule has 0 radical (unpaired) electrons. The van der Waals surface area contributed by atoms with Crippen molar-refractivity contribution in [2.24, 2.45) is 5.92 Å². The van der Waals surface area contributed by atoms with E-state index in [-0.39, 0.29) is 5.91 Å². The van der Waals surface area contributed by atoms with Crippen molar-refractivity contribution >= 4 is 21.8 Å². The molecule has 1 aromatic carbocycles. The van der Waals surface area contributed by atoms with Crippen molar-refractivity contribution in [3.05, 3.63) is 28.2 Å². The second-order valence-corrected chi connectivity index (χ2v) is 5.09. The third-order valence-electron chi connectivity index (χ3n) is 3.12. The van der Waals surface area contributed by atoms with E-state index in [1.54, 1.807) is 13.2 Å². The summed E-state index contributed by atoms with van der Waals surface area (Å²) in [7, 11) is 1.59. The summed E-state index contributed by atoms with van der Waals surface area (Å²) in [6.07, 6.45) is 2.16. The summed E-state index contributed by atoms with van der Waals surface area (Å²) in [6.45, 7) is 5.00. The Bertz CT molecular complexity index is 403. The third kappa shape index (κ3) is 4.02. The van der Waals surface area contributed by atoms with Crippen molar-refractivity contribution in [3.63, 3.8) is 0 Å². The largest absolute Gasteiger partial charge is 0.497 e. The molecule has 0 atom stereocenters. The van der Waals surface area contributed by atoms with Gasteiger partial charge in [0.2, 0.25) is 0 Å². The van der Waals surface area contributed by atoms with E-state index < -0.39 is 0 Å². The summed E-state index contributed by atoms with van der Waals surface area (Å²) in [5.74, 6) is 1.16. The van der Waals surface area contributed by atoms with Crippen LogP contribution in [0.4, 0.5) is 0 Å². The highest BCUT2D eigenvalue weighted by molar-refractivity contribution is 9.10. The maximum atomic E-state index is 12.1. The molecule has 0 aliphatic rings. The summed E-state index contributed by atoms with van der Waals surface area (Å²) in [5, 5.41) is 2.97. The molecule has 100 valence electrons. The first-order chi connectivity index (χ1) is 8.62. The molecule has 0 saturated carbocycles. The molecule has 1 N–H and O–H groups in total. The Labute approximate surface area is 117 Å². The smallest absolute Gasteiger partial charge is 0.252 e. The minimum Gasteiger partial charge on any atom is -0.497 e. The van der Waals surface area contributed by atoms with Crippen LogP contribution in [0.3, 0.4) is 0 Å². The van der Waals surface area contributed by atoms with E-state index in [2.05, 4.69) is 35.1 Å². The topological polar surface area (TPSA) is 38.3 Å². The van der Waals surface area contributed by atoms with Crippen molar-refractivity contribution in [3.8, 4) is 5.75 Å². The molecule has 1 amide bonds. The zero-order chi connectivity index (χ0) is 13.5. The van der Waals surface area contributed by atoms with Crippen LogP contribution >= 0.6 is 15.9 Å². The molecule has 0 aliphatic heterocycles. The monoisotopic (exact) mass is 313 g/mol. The fourth-order valence-corrected chi connectivity index (χ4v) is 2.14. The van der Waals surface area contributed by atoms with E-state index in [0.717, 1.165) is 23.9 Å². The maximum Gasteiger partial charge on any atom is 0.252 e. The van der Waals surface area contributed by atoms with Gasteiger partial charge in [-0.2, -0.15) is 0 Å². The maximum absolute atomic E-state index is 12.1. The third-order valence-corrected chi connectivity index (χ3v) is 3.82. The molecule has 0 bridgehead atoms. The number of hydrogen-bond donors (Lipinski definition) is 1. The molecule has 0 aliphatic carbocycles. The van der Waals surface area contributed by atoms with Gasteiger partial charge in [0.15, 0.2) is 0 Å². The van der Waals surface area contributed by atoms with Gasteiger partial charge in [-0.1, -0.05) is 26.7 Å². The van der Waals surface area contributed by atoms with E-state index in [4.69, 9.17) is 4.74 Å². The quantitative estimate of drug-likeness (QED) is 0.871. The molecule has 1 aromatic rings. The molecule has 0 heterocycles. The van der Waals surface area contributed by atoms with Gasteiger partial charge in [0.1, 0.15) is 5.75 Å². The van der Waals surface area contributed by atoms with Gasteiger partial charge < -0.3 is 10.1 Å². The molecule has 4 heteroatoms. The molecule has 0 unspecified atom stereocenters. The lowest BCUT2D eigenvalue weighted by molar-refractivity contribution is 0.0945. The van der Waals surface area contributed by atoms with Gasteiger partial charge in [0.25, 0.3) is 5.91 Å². The van der Waals surface area contributed by atoms with Crippen LogP contribution in [0.15, 0.2) is 22.7 Å². The predicted octanol–water partition coefficient (Wildman–Crippen LogP) is 3.62. The van der Waals surface area contributed by atoms with Crippen LogP contribution in [-0.4, -0.2) is 19.6 Å². The first-order valence-electron chi connectivity index (χ1n) is 6.24. The number of halogens is 1. The molecular weight excluding hydrogens is 294 g/mol. The number of ether oxygens (including phenoxy) is 1. The van der Waals surface area contributed by atoms with Gasteiger partial charge in [-0.3, -0.25) is 4.79 Å². The average Bonchev–Trinajstić information content (AvgIpc) is 2.40. The van der Waals surface area contributed by atoms with Crippen molar-refractivity contribution in [1.82, 2.24) is 5.32 Å². The lowest BCUT2D eigenvalue weighted by Crippen LogP contribution is -2.29. The van der Waals surface area contributed by atoms with Crippen LogP contribution in [0.25, 0.3) is 0 Å². The van der Waals surface area contributed by atoms with Gasteiger partial charge in [-0.15, -0.1) is 0 Å². The number of methoxy groups -OCH3 is 1. The average molecular weight is 314 g/mol. The summed E-state index contributed by atoms with van der Waals surface area (Å²) in [4.78, 5) is 12.1. The Hall–Kier alpha value is -1.03. The van der Waals surface area contributed by atoms with Gasteiger partial charge in [-0.05, 0) is 40.0 Å². The minimum absolute atomic E-state index is 0.0623.